The van der Waals surface area contributed by atoms with Crippen LogP contribution >= 0.6 is 0 Å². The third-order valence-corrected chi connectivity index (χ3v) is 5.27. The van der Waals surface area contributed by atoms with Crippen molar-refractivity contribution < 1.29 is 9.59 Å². The lowest BCUT2D eigenvalue weighted by Gasteiger charge is -2.41. The van der Waals surface area contributed by atoms with Gasteiger partial charge in [0.25, 0.3) is 0 Å². The molecule has 1 fully saturated rings. The predicted octanol–water partition coefficient (Wildman–Crippen LogP) is 3.43. The van der Waals surface area contributed by atoms with Crippen molar-refractivity contribution in [2.75, 3.05) is 13.1 Å². The minimum atomic E-state index is -0.341. The molecule has 0 aliphatic carbocycles. The van der Waals surface area contributed by atoms with Crippen LogP contribution in [0, 0.1) is 0 Å². The number of carbonyl (C=O) groups is 2. The molecule has 26 heavy (non-hydrogen) atoms. The third-order valence-electron chi connectivity index (χ3n) is 5.27. The second kappa shape index (κ2) is 6.41. The Morgan fingerprint density at radius 1 is 1.12 bits per heavy atom. The Morgan fingerprint density at radius 3 is 2.50 bits per heavy atom. The van der Waals surface area contributed by atoms with Gasteiger partial charge in [0, 0.05) is 54.1 Å². The van der Waals surface area contributed by atoms with E-state index >= 15 is 0 Å². The average Bonchev–Trinajstić information content (AvgIpc) is 3.00. The van der Waals surface area contributed by atoms with Gasteiger partial charge in [0.2, 0.25) is 5.91 Å². The van der Waals surface area contributed by atoms with Crippen molar-refractivity contribution in [1.29, 1.82) is 0 Å². The van der Waals surface area contributed by atoms with E-state index in [1.54, 1.807) is 19.3 Å². The van der Waals surface area contributed by atoms with Crippen LogP contribution in [0.2, 0.25) is 0 Å². The van der Waals surface area contributed by atoms with E-state index in [0.717, 1.165) is 24.0 Å². The van der Waals surface area contributed by atoms with E-state index < -0.39 is 0 Å². The Hall–Kier alpha value is -2.95. The molecule has 0 radical (unpaired) electrons. The third kappa shape index (κ3) is 2.69. The highest BCUT2D eigenvalue weighted by molar-refractivity contribution is 6.07. The van der Waals surface area contributed by atoms with E-state index in [9.17, 15) is 9.59 Å². The van der Waals surface area contributed by atoms with E-state index in [-0.39, 0.29) is 17.7 Å². The molecule has 5 nitrogen and oxygen atoms in total. The molecule has 0 saturated carbocycles. The molecule has 1 amide bonds. The van der Waals surface area contributed by atoms with Gasteiger partial charge < -0.3 is 9.47 Å². The molecule has 3 heterocycles. The molecule has 0 N–H and O–H groups in total. The molecule has 1 aromatic carbocycles. The number of hydrogen-bond acceptors (Lipinski definition) is 3. The maximum Gasteiger partial charge on any atom is 0.245 e. The van der Waals surface area contributed by atoms with Gasteiger partial charge >= 0.3 is 0 Å². The first-order chi connectivity index (χ1) is 12.6. The lowest BCUT2D eigenvalue weighted by Crippen LogP contribution is -2.50. The van der Waals surface area contributed by atoms with Gasteiger partial charge in [-0.25, -0.2) is 0 Å². The lowest BCUT2D eigenvalue weighted by atomic mass is 9.91. The number of amides is 1. The van der Waals surface area contributed by atoms with Crippen molar-refractivity contribution >= 4 is 22.6 Å². The Morgan fingerprint density at radius 2 is 1.81 bits per heavy atom. The Labute approximate surface area is 152 Å². The van der Waals surface area contributed by atoms with Crippen LogP contribution in [0.15, 0.2) is 55.0 Å². The molecule has 1 atom stereocenters. The number of ketones is 1. The maximum absolute atomic E-state index is 12.9. The summed E-state index contributed by atoms with van der Waals surface area (Å²) in [4.78, 5) is 30.8. The number of fused-ring (bicyclic) bond motifs is 1. The average molecular weight is 347 g/mol. The topological polar surface area (TPSA) is 55.2 Å². The quantitative estimate of drug-likeness (QED) is 0.680. The molecule has 3 aromatic rings. The molecular formula is C21H21N3O2. The molecule has 2 aromatic heterocycles. The normalized spacial score (nSPS) is 15.7. The summed E-state index contributed by atoms with van der Waals surface area (Å²) in [6.07, 6.45) is 5.39. The van der Waals surface area contributed by atoms with E-state index in [2.05, 4.69) is 4.98 Å². The Balaban J connectivity index is 1.55. The summed E-state index contributed by atoms with van der Waals surface area (Å²) in [7, 11) is 0. The largest absolute Gasteiger partial charge is 0.340 e. The molecule has 0 spiro atoms. The van der Waals surface area contributed by atoms with Crippen LogP contribution in [-0.2, 0) is 4.79 Å². The van der Waals surface area contributed by atoms with E-state index in [1.165, 1.54) is 5.56 Å². The van der Waals surface area contributed by atoms with Crippen LogP contribution in [0.1, 0.15) is 41.7 Å². The first-order valence-electron chi connectivity index (χ1n) is 8.85. The van der Waals surface area contributed by atoms with Crippen molar-refractivity contribution in [3.63, 3.8) is 0 Å². The summed E-state index contributed by atoms with van der Waals surface area (Å²) in [5, 5.41) is 0.901. The number of hydrogen-bond donors (Lipinski definition) is 0. The molecule has 1 saturated heterocycles. The highest BCUT2D eigenvalue weighted by atomic mass is 16.2. The van der Waals surface area contributed by atoms with E-state index in [1.807, 2.05) is 59.0 Å². The summed E-state index contributed by atoms with van der Waals surface area (Å²) < 4.78 is 1.92. The molecular weight excluding hydrogens is 326 g/mol. The van der Waals surface area contributed by atoms with Crippen molar-refractivity contribution in [1.82, 2.24) is 14.5 Å². The van der Waals surface area contributed by atoms with Gasteiger partial charge in [-0.3, -0.25) is 14.6 Å². The predicted molar refractivity (Wildman–Crippen MR) is 100 cm³/mol. The fourth-order valence-electron chi connectivity index (χ4n) is 3.69. The number of aromatic nitrogens is 2. The van der Waals surface area contributed by atoms with Crippen molar-refractivity contribution in [3.05, 3.63) is 66.1 Å². The highest BCUT2D eigenvalue weighted by Gasteiger charge is 2.34. The first-order valence-corrected chi connectivity index (χ1v) is 8.85. The summed E-state index contributed by atoms with van der Waals surface area (Å²) in [6, 6.07) is 11.4. The number of Topliss-reactive ketones (excluding diaryl/α,β-unsaturated/α-hetero) is 1. The summed E-state index contributed by atoms with van der Waals surface area (Å²) >= 11 is 0. The van der Waals surface area contributed by atoms with Crippen LogP contribution in [0.25, 0.3) is 10.9 Å². The van der Waals surface area contributed by atoms with Crippen LogP contribution in [0.4, 0.5) is 0 Å². The monoisotopic (exact) mass is 347 g/mol. The number of likely N-dealkylation sites (tertiary alicyclic amines) is 1. The van der Waals surface area contributed by atoms with Crippen LogP contribution in [0.5, 0.6) is 0 Å². The maximum atomic E-state index is 12.9. The zero-order valence-electron chi connectivity index (χ0n) is 14.9. The second-order valence-electron chi connectivity index (χ2n) is 6.92. The number of pyridine rings is 1. The number of nitrogens with zero attached hydrogens (tertiary/aromatic N) is 3. The highest BCUT2D eigenvalue weighted by Crippen LogP contribution is 2.31. The fraction of sp³-hybridized carbons (Fsp3) is 0.286. The van der Waals surface area contributed by atoms with Gasteiger partial charge in [0.05, 0.1) is 0 Å². The SMILES string of the molecule is CC(=O)c1cn([C@@H](C)C(=O)N2CC(c3ccncc3)C2)c2ccccc12. The van der Waals surface area contributed by atoms with Gasteiger partial charge in [0.15, 0.2) is 5.78 Å². The molecule has 4 rings (SSSR count). The van der Waals surface area contributed by atoms with Crippen molar-refractivity contribution in [2.24, 2.45) is 0 Å². The number of rotatable bonds is 4. The van der Waals surface area contributed by atoms with Gasteiger partial charge in [-0.2, -0.15) is 0 Å². The second-order valence-corrected chi connectivity index (χ2v) is 6.92. The van der Waals surface area contributed by atoms with Crippen molar-refractivity contribution in [3.8, 4) is 0 Å². The summed E-state index contributed by atoms with van der Waals surface area (Å²) in [6.45, 7) is 4.92. The van der Waals surface area contributed by atoms with Gasteiger partial charge in [0.1, 0.15) is 6.04 Å². The number of para-hydroxylation sites is 1. The summed E-state index contributed by atoms with van der Waals surface area (Å²) in [5.41, 5.74) is 2.81. The molecule has 0 bridgehead atoms. The lowest BCUT2D eigenvalue weighted by molar-refractivity contribution is -0.138. The minimum Gasteiger partial charge on any atom is -0.340 e. The Bertz CT molecular complexity index is 971. The molecule has 1 aliphatic rings. The first kappa shape index (κ1) is 16.5. The van der Waals surface area contributed by atoms with Crippen LogP contribution < -0.4 is 0 Å². The number of carbonyl (C=O) groups excluding carboxylic acids is 2. The zero-order chi connectivity index (χ0) is 18.3. The molecule has 1 aliphatic heterocycles. The Kier molecular flexibility index (Phi) is 4.07. The van der Waals surface area contributed by atoms with Gasteiger partial charge in [-0.15, -0.1) is 0 Å². The van der Waals surface area contributed by atoms with Gasteiger partial charge in [-0.1, -0.05) is 18.2 Å². The van der Waals surface area contributed by atoms with Crippen LogP contribution in [0.3, 0.4) is 0 Å². The summed E-state index contributed by atoms with van der Waals surface area (Å²) in [5.74, 6) is 0.482. The fourth-order valence-corrected chi connectivity index (χ4v) is 3.69. The van der Waals surface area contributed by atoms with Crippen molar-refractivity contribution in [2.45, 2.75) is 25.8 Å². The zero-order valence-corrected chi connectivity index (χ0v) is 14.9. The standard InChI is InChI=1S/C21H21N3O2/c1-14(21(26)23-11-17(12-23)16-7-9-22-10-8-16)24-13-19(15(2)25)18-5-3-4-6-20(18)24/h3-10,13-14,17H,11-12H2,1-2H3/t14-/m0/s1. The number of benzene rings is 1. The van der Waals surface area contributed by atoms with Crippen LogP contribution in [-0.4, -0.2) is 39.2 Å². The van der Waals surface area contributed by atoms with E-state index in [4.69, 9.17) is 0 Å². The van der Waals surface area contributed by atoms with E-state index in [0.29, 0.717) is 11.5 Å². The minimum absolute atomic E-state index is 0.0151. The molecule has 5 heteroatoms. The molecule has 0 unspecified atom stereocenters. The van der Waals surface area contributed by atoms with Gasteiger partial charge in [-0.05, 0) is 37.6 Å². The smallest absolute Gasteiger partial charge is 0.245 e. The molecule has 132 valence electrons.